The highest BCUT2D eigenvalue weighted by Gasteiger charge is 2.25. The Bertz CT molecular complexity index is 749. The summed E-state index contributed by atoms with van der Waals surface area (Å²) in [6.07, 6.45) is 1.91. The Morgan fingerprint density at radius 3 is 2.44 bits per heavy atom. The zero-order valence-corrected chi connectivity index (χ0v) is 17.5. The highest BCUT2D eigenvalue weighted by atomic mass is 79.9. The van der Waals surface area contributed by atoms with Gasteiger partial charge in [0, 0.05) is 24.0 Å². The fraction of sp³-hybridized carbons (Fsp3) is 0.364. The second kappa shape index (κ2) is 10.9. The number of halogens is 1. The number of rotatable bonds is 9. The molecule has 0 bridgehead atoms. The summed E-state index contributed by atoms with van der Waals surface area (Å²) >= 11 is 3.47. The normalized spacial score (nSPS) is 11.7. The Labute approximate surface area is 170 Å². The number of nitrogens with one attached hydrogen (secondary N) is 1. The molecule has 5 heteroatoms. The molecule has 0 aliphatic rings. The number of aryl methyl sites for hydroxylation is 1. The minimum absolute atomic E-state index is 0.0158. The van der Waals surface area contributed by atoms with Crippen molar-refractivity contribution in [3.8, 4) is 0 Å². The first-order chi connectivity index (χ1) is 13.0. The van der Waals surface area contributed by atoms with Gasteiger partial charge in [-0.05, 0) is 43.0 Å². The van der Waals surface area contributed by atoms with Crippen LogP contribution in [0.5, 0.6) is 0 Å². The van der Waals surface area contributed by atoms with E-state index in [1.807, 2.05) is 61.5 Å². The van der Waals surface area contributed by atoms with Crippen LogP contribution >= 0.6 is 15.9 Å². The van der Waals surface area contributed by atoms with E-state index in [0.717, 1.165) is 22.0 Å². The van der Waals surface area contributed by atoms with Crippen molar-refractivity contribution < 1.29 is 9.59 Å². The van der Waals surface area contributed by atoms with E-state index in [1.54, 1.807) is 11.8 Å². The van der Waals surface area contributed by atoms with Crippen molar-refractivity contribution in [1.29, 1.82) is 0 Å². The number of amides is 2. The molecule has 1 N–H and O–H groups in total. The molecular formula is C22H27BrN2O2. The van der Waals surface area contributed by atoms with E-state index in [0.29, 0.717) is 25.9 Å². The largest absolute Gasteiger partial charge is 0.354 e. The van der Waals surface area contributed by atoms with Crippen LogP contribution in [0.25, 0.3) is 0 Å². The van der Waals surface area contributed by atoms with Gasteiger partial charge in [-0.1, -0.05) is 65.3 Å². The Balaban J connectivity index is 2.11. The zero-order valence-electron chi connectivity index (χ0n) is 16.0. The van der Waals surface area contributed by atoms with Crippen LogP contribution < -0.4 is 5.32 Å². The zero-order chi connectivity index (χ0) is 19.6. The van der Waals surface area contributed by atoms with Gasteiger partial charge in [0.25, 0.3) is 0 Å². The number of benzene rings is 2. The van der Waals surface area contributed by atoms with Crippen LogP contribution in [0, 0.1) is 0 Å². The average Bonchev–Trinajstić information content (AvgIpc) is 2.68. The lowest BCUT2D eigenvalue weighted by atomic mass is 10.1. The highest BCUT2D eigenvalue weighted by Crippen LogP contribution is 2.16. The van der Waals surface area contributed by atoms with Gasteiger partial charge in [0.2, 0.25) is 11.8 Å². The summed E-state index contributed by atoms with van der Waals surface area (Å²) in [6.45, 7) is 4.83. The first-order valence-corrected chi connectivity index (χ1v) is 10.2. The van der Waals surface area contributed by atoms with Gasteiger partial charge in [-0.25, -0.2) is 0 Å². The summed E-state index contributed by atoms with van der Waals surface area (Å²) in [5.41, 5.74) is 2.11. The van der Waals surface area contributed by atoms with Gasteiger partial charge in [-0.3, -0.25) is 9.59 Å². The standard InChI is InChI=1S/C22H27BrN2O2/c1-3-14-24-22(27)17(2)25(16-19-10-7-11-20(23)15-19)21(26)13-12-18-8-5-4-6-9-18/h4-11,15,17H,3,12-14,16H2,1-2H3,(H,24,27)/t17-/m1/s1. The third kappa shape index (κ3) is 6.83. The predicted octanol–water partition coefficient (Wildman–Crippen LogP) is 4.33. The van der Waals surface area contributed by atoms with E-state index < -0.39 is 6.04 Å². The molecule has 0 aliphatic carbocycles. The number of hydrogen-bond acceptors (Lipinski definition) is 2. The van der Waals surface area contributed by atoms with Crippen LogP contribution in [-0.2, 0) is 22.6 Å². The third-order valence-electron chi connectivity index (χ3n) is 4.43. The second-order valence-corrected chi connectivity index (χ2v) is 7.52. The maximum Gasteiger partial charge on any atom is 0.242 e. The van der Waals surface area contributed by atoms with Gasteiger partial charge in [0.15, 0.2) is 0 Å². The second-order valence-electron chi connectivity index (χ2n) is 6.60. The summed E-state index contributed by atoms with van der Waals surface area (Å²) < 4.78 is 0.958. The number of hydrogen-bond donors (Lipinski definition) is 1. The van der Waals surface area contributed by atoms with E-state index in [2.05, 4.69) is 21.2 Å². The Kier molecular flexibility index (Phi) is 8.52. The molecule has 0 aromatic heterocycles. The molecule has 2 rings (SSSR count). The summed E-state index contributed by atoms with van der Waals surface area (Å²) in [6, 6.07) is 17.3. The third-order valence-corrected chi connectivity index (χ3v) is 4.92. The van der Waals surface area contributed by atoms with E-state index in [4.69, 9.17) is 0 Å². The molecule has 0 heterocycles. The monoisotopic (exact) mass is 430 g/mol. The maximum atomic E-state index is 13.0. The van der Waals surface area contributed by atoms with Crippen molar-refractivity contribution in [1.82, 2.24) is 10.2 Å². The molecule has 27 heavy (non-hydrogen) atoms. The van der Waals surface area contributed by atoms with E-state index in [-0.39, 0.29) is 11.8 Å². The molecule has 0 fully saturated rings. The predicted molar refractivity (Wildman–Crippen MR) is 112 cm³/mol. The van der Waals surface area contributed by atoms with Crippen LogP contribution in [0.1, 0.15) is 37.8 Å². The minimum Gasteiger partial charge on any atom is -0.354 e. The molecule has 0 saturated heterocycles. The average molecular weight is 431 g/mol. The Morgan fingerprint density at radius 1 is 1.07 bits per heavy atom. The molecule has 0 unspecified atom stereocenters. The molecule has 2 aromatic carbocycles. The topological polar surface area (TPSA) is 49.4 Å². The lowest BCUT2D eigenvalue weighted by Gasteiger charge is -2.29. The molecule has 0 radical (unpaired) electrons. The summed E-state index contributed by atoms with van der Waals surface area (Å²) in [7, 11) is 0. The van der Waals surface area contributed by atoms with Crippen molar-refractivity contribution in [2.24, 2.45) is 0 Å². The first-order valence-electron chi connectivity index (χ1n) is 9.36. The van der Waals surface area contributed by atoms with Gasteiger partial charge >= 0.3 is 0 Å². The molecule has 4 nitrogen and oxygen atoms in total. The molecule has 2 aromatic rings. The SMILES string of the molecule is CCCNC(=O)[C@@H](C)N(Cc1cccc(Br)c1)C(=O)CCc1ccccc1. The highest BCUT2D eigenvalue weighted by molar-refractivity contribution is 9.10. The number of nitrogens with zero attached hydrogens (tertiary/aromatic N) is 1. The van der Waals surface area contributed by atoms with Crippen LogP contribution in [0.4, 0.5) is 0 Å². The van der Waals surface area contributed by atoms with Gasteiger partial charge in [0.1, 0.15) is 6.04 Å². The molecule has 0 spiro atoms. The van der Waals surface area contributed by atoms with Crippen LogP contribution in [0.15, 0.2) is 59.1 Å². The molecular weight excluding hydrogens is 404 g/mol. The van der Waals surface area contributed by atoms with Crippen molar-refractivity contribution >= 4 is 27.7 Å². The molecule has 2 amide bonds. The van der Waals surface area contributed by atoms with Crippen molar-refractivity contribution in [3.05, 3.63) is 70.2 Å². The lowest BCUT2D eigenvalue weighted by molar-refractivity contribution is -0.140. The molecule has 1 atom stereocenters. The van der Waals surface area contributed by atoms with Crippen molar-refractivity contribution in [2.45, 2.75) is 45.7 Å². The van der Waals surface area contributed by atoms with Gasteiger partial charge in [-0.2, -0.15) is 0 Å². The van der Waals surface area contributed by atoms with E-state index in [1.165, 1.54) is 0 Å². The summed E-state index contributed by atoms with van der Waals surface area (Å²) in [5.74, 6) is -0.127. The van der Waals surface area contributed by atoms with Crippen molar-refractivity contribution in [2.75, 3.05) is 6.54 Å². The fourth-order valence-corrected chi connectivity index (χ4v) is 3.30. The molecule has 144 valence electrons. The first kappa shape index (κ1) is 21.2. The maximum absolute atomic E-state index is 13.0. The van der Waals surface area contributed by atoms with Crippen molar-refractivity contribution in [3.63, 3.8) is 0 Å². The van der Waals surface area contributed by atoms with E-state index in [9.17, 15) is 9.59 Å². The van der Waals surface area contributed by atoms with Gasteiger partial charge in [0.05, 0.1) is 0 Å². The van der Waals surface area contributed by atoms with E-state index >= 15 is 0 Å². The van der Waals surface area contributed by atoms with Gasteiger partial charge in [-0.15, -0.1) is 0 Å². The number of carbonyl (C=O) groups is 2. The molecule has 0 saturated carbocycles. The Morgan fingerprint density at radius 2 is 1.78 bits per heavy atom. The van der Waals surface area contributed by atoms with Crippen LogP contribution in [-0.4, -0.2) is 29.3 Å². The Hall–Kier alpha value is -2.14. The summed E-state index contributed by atoms with van der Waals surface area (Å²) in [4.78, 5) is 27.1. The van der Waals surface area contributed by atoms with Gasteiger partial charge < -0.3 is 10.2 Å². The van der Waals surface area contributed by atoms with Crippen LogP contribution in [0.2, 0.25) is 0 Å². The lowest BCUT2D eigenvalue weighted by Crippen LogP contribution is -2.47. The quantitative estimate of drug-likeness (QED) is 0.643. The fourth-order valence-electron chi connectivity index (χ4n) is 2.85. The summed E-state index contributed by atoms with van der Waals surface area (Å²) in [5, 5.41) is 2.90. The van der Waals surface area contributed by atoms with Crippen LogP contribution in [0.3, 0.4) is 0 Å². The molecule has 0 aliphatic heterocycles. The smallest absolute Gasteiger partial charge is 0.242 e. The minimum atomic E-state index is -0.515. The number of carbonyl (C=O) groups excluding carboxylic acids is 2.